The molecule has 0 saturated heterocycles. The Balaban J connectivity index is 2.06. The van der Waals surface area contributed by atoms with Crippen molar-refractivity contribution in [3.63, 3.8) is 0 Å². The van der Waals surface area contributed by atoms with Gasteiger partial charge in [0, 0.05) is 17.5 Å². The van der Waals surface area contributed by atoms with Gasteiger partial charge in [0.15, 0.2) is 0 Å². The van der Waals surface area contributed by atoms with Gasteiger partial charge in [-0.1, -0.05) is 36.4 Å². The largest absolute Gasteiger partial charge is 0.281 e. The van der Waals surface area contributed by atoms with E-state index in [1.165, 1.54) is 11.9 Å². The van der Waals surface area contributed by atoms with Crippen molar-refractivity contribution in [2.45, 2.75) is 4.90 Å². The molecule has 0 aromatic heterocycles. The van der Waals surface area contributed by atoms with Crippen LogP contribution in [0.5, 0.6) is 0 Å². The van der Waals surface area contributed by atoms with E-state index in [1.54, 1.807) is 11.4 Å². The number of amides is 1. The van der Waals surface area contributed by atoms with Crippen LogP contribution in [0.1, 0.15) is 10.4 Å². The smallest absolute Gasteiger partial charge is 0.263 e. The Morgan fingerprint density at radius 1 is 0.941 bits per heavy atom. The van der Waals surface area contributed by atoms with E-state index in [0.717, 1.165) is 4.90 Å². The lowest BCUT2D eigenvalue weighted by Crippen LogP contribution is -2.19. The molecular weight excluding hydrogens is 230 g/mol. The highest BCUT2D eigenvalue weighted by atomic mass is 32.2. The number of carbonyl (C=O) groups excluding carboxylic acids is 1. The lowest BCUT2D eigenvalue weighted by Gasteiger charge is -2.15. The zero-order valence-electron chi connectivity index (χ0n) is 9.54. The minimum absolute atomic E-state index is 0.0134. The average molecular weight is 243 g/mol. The van der Waals surface area contributed by atoms with Crippen LogP contribution in [0.2, 0.25) is 0 Å². The highest BCUT2D eigenvalue weighted by Gasteiger charge is 2.11. The maximum Gasteiger partial charge on any atom is 0.263 e. The molecule has 0 atom stereocenters. The van der Waals surface area contributed by atoms with E-state index in [4.69, 9.17) is 0 Å². The fourth-order valence-electron chi connectivity index (χ4n) is 1.44. The van der Waals surface area contributed by atoms with Crippen molar-refractivity contribution >= 4 is 17.9 Å². The predicted molar refractivity (Wildman–Crippen MR) is 70.8 cm³/mol. The first-order valence-electron chi connectivity index (χ1n) is 5.33. The van der Waals surface area contributed by atoms with Gasteiger partial charge in [-0.2, -0.15) is 0 Å². The summed E-state index contributed by atoms with van der Waals surface area (Å²) in [6.07, 6.45) is 0. The van der Waals surface area contributed by atoms with Crippen LogP contribution in [0.25, 0.3) is 0 Å². The number of hydrogen-bond donors (Lipinski definition) is 0. The van der Waals surface area contributed by atoms with E-state index in [2.05, 4.69) is 0 Å². The molecule has 0 aliphatic heterocycles. The highest BCUT2D eigenvalue weighted by Crippen LogP contribution is 2.22. The second kappa shape index (κ2) is 5.55. The molecule has 2 aromatic carbocycles. The Kier molecular flexibility index (Phi) is 3.83. The third-order valence-electron chi connectivity index (χ3n) is 2.29. The Hall–Kier alpha value is -1.74. The summed E-state index contributed by atoms with van der Waals surface area (Å²) < 4.78 is 1.64. The van der Waals surface area contributed by atoms with Crippen LogP contribution in [0.4, 0.5) is 0 Å². The molecule has 0 bridgehead atoms. The molecule has 0 aliphatic carbocycles. The van der Waals surface area contributed by atoms with Crippen molar-refractivity contribution in [1.82, 2.24) is 4.31 Å². The summed E-state index contributed by atoms with van der Waals surface area (Å²) in [5.41, 5.74) is 0.707. The monoisotopic (exact) mass is 243 g/mol. The standard InChI is InChI=1S/C14H13NOS/c1-15(17-13-10-6-3-7-11-13)14(16)12-8-4-2-5-9-12/h2-11H,1H3. The van der Waals surface area contributed by atoms with Crippen LogP contribution in [-0.4, -0.2) is 17.3 Å². The van der Waals surface area contributed by atoms with Crippen molar-refractivity contribution in [3.8, 4) is 0 Å². The predicted octanol–water partition coefficient (Wildman–Crippen LogP) is 3.47. The topological polar surface area (TPSA) is 20.3 Å². The number of nitrogens with zero attached hydrogens (tertiary/aromatic N) is 1. The average Bonchev–Trinajstić information content (AvgIpc) is 2.40. The summed E-state index contributed by atoms with van der Waals surface area (Å²) in [4.78, 5) is 13.1. The first-order valence-corrected chi connectivity index (χ1v) is 6.11. The first kappa shape index (κ1) is 11.7. The van der Waals surface area contributed by atoms with E-state index >= 15 is 0 Å². The number of hydrogen-bond acceptors (Lipinski definition) is 2. The molecule has 17 heavy (non-hydrogen) atoms. The maximum atomic E-state index is 12.1. The first-order chi connectivity index (χ1) is 8.27. The van der Waals surface area contributed by atoms with Crippen molar-refractivity contribution in [2.24, 2.45) is 0 Å². The molecule has 0 unspecified atom stereocenters. The Bertz CT molecular complexity index is 484. The van der Waals surface area contributed by atoms with Crippen LogP contribution in [-0.2, 0) is 0 Å². The van der Waals surface area contributed by atoms with Crippen LogP contribution in [0.3, 0.4) is 0 Å². The molecule has 2 rings (SSSR count). The molecule has 86 valence electrons. The summed E-state index contributed by atoms with van der Waals surface area (Å²) in [7, 11) is 1.78. The highest BCUT2D eigenvalue weighted by molar-refractivity contribution is 7.97. The van der Waals surface area contributed by atoms with E-state index in [1.807, 2.05) is 60.7 Å². The number of benzene rings is 2. The van der Waals surface area contributed by atoms with Crippen molar-refractivity contribution in [3.05, 3.63) is 66.2 Å². The van der Waals surface area contributed by atoms with Gasteiger partial charge in [-0.25, -0.2) is 0 Å². The summed E-state index contributed by atoms with van der Waals surface area (Å²) in [5.74, 6) is 0.0134. The molecule has 0 fully saturated rings. The molecule has 3 heteroatoms. The van der Waals surface area contributed by atoms with Crippen molar-refractivity contribution < 1.29 is 4.79 Å². The molecule has 0 spiro atoms. The van der Waals surface area contributed by atoms with E-state index in [9.17, 15) is 4.79 Å². The fraction of sp³-hybridized carbons (Fsp3) is 0.0714. The Morgan fingerprint density at radius 3 is 2.06 bits per heavy atom. The van der Waals surface area contributed by atoms with Crippen LogP contribution in [0, 0.1) is 0 Å². The van der Waals surface area contributed by atoms with Crippen LogP contribution >= 0.6 is 11.9 Å². The van der Waals surface area contributed by atoms with Crippen LogP contribution in [0.15, 0.2) is 65.6 Å². The van der Waals surface area contributed by atoms with Gasteiger partial charge in [-0.15, -0.1) is 0 Å². The lowest BCUT2D eigenvalue weighted by molar-refractivity contribution is 0.0892. The molecule has 2 aromatic rings. The van der Waals surface area contributed by atoms with Gasteiger partial charge in [0.05, 0.1) is 0 Å². The normalized spacial score (nSPS) is 9.94. The van der Waals surface area contributed by atoms with Crippen molar-refractivity contribution in [2.75, 3.05) is 7.05 Å². The molecular formula is C14H13NOS. The molecule has 1 amide bonds. The second-order valence-electron chi connectivity index (χ2n) is 3.57. The van der Waals surface area contributed by atoms with Gasteiger partial charge in [0.25, 0.3) is 5.91 Å². The molecule has 0 saturated carbocycles. The minimum Gasteiger partial charge on any atom is -0.281 e. The summed E-state index contributed by atoms with van der Waals surface area (Å²) >= 11 is 1.43. The lowest BCUT2D eigenvalue weighted by atomic mass is 10.2. The van der Waals surface area contributed by atoms with Crippen molar-refractivity contribution in [1.29, 1.82) is 0 Å². The molecule has 0 heterocycles. The fourth-order valence-corrected chi connectivity index (χ4v) is 2.23. The SMILES string of the molecule is CN(Sc1ccccc1)C(=O)c1ccccc1. The number of rotatable bonds is 3. The van der Waals surface area contributed by atoms with Crippen LogP contribution < -0.4 is 0 Å². The summed E-state index contributed by atoms with van der Waals surface area (Å²) in [6.45, 7) is 0. The van der Waals surface area contributed by atoms with Gasteiger partial charge in [-0.3, -0.25) is 9.10 Å². The molecule has 0 N–H and O–H groups in total. The minimum atomic E-state index is 0.0134. The Morgan fingerprint density at radius 2 is 1.47 bits per heavy atom. The van der Waals surface area contributed by atoms with E-state index in [-0.39, 0.29) is 5.91 Å². The Labute approximate surface area is 105 Å². The van der Waals surface area contributed by atoms with Gasteiger partial charge in [0.1, 0.15) is 0 Å². The van der Waals surface area contributed by atoms with Gasteiger partial charge >= 0.3 is 0 Å². The third kappa shape index (κ3) is 3.11. The van der Waals surface area contributed by atoms with E-state index in [0.29, 0.717) is 5.56 Å². The molecule has 0 radical (unpaired) electrons. The zero-order valence-corrected chi connectivity index (χ0v) is 10.4. The number of carbonyl (C=O) groups is 1. The second-order valence-corrected chi connectivity index (χ2v) is 4.77. The maximum absolute atomic E-state index is 12.1. The molecule has 0 aliphatic rings. The molecule has 2 nitrogen and oxygen atoms in total. The quantitative estimate of drug-likeness (QED) is 0.769. The van der Waals surface area contributed by atoms with Gasteiger partial charge < -0.3 is 0 Å². The summed E-state index contributed by atoms with van der Waals surface area (Å²) in [5, 5.41) is 0. The zero-order chi connectivity index (χ0) is 12.1. The van der Waals surface area contributed by atoms with E-state index < -0.39 is 0 Å². The van der Waals surface area contributed by atoms with Gasteiger partial charge in [-0.05, 0) is 36.2 Å². The summed E-state index contributed by atoms with van der Waals surface area (Å²) in [6, 6.07) is 19.1. The van der Waals surface area contributed by atoms with Gasteiger partial charge in [0.2, 0.25) is 0 Å². The third-order valence-corrected chi connectivity index (χ3v) is 3.21.